The Morgan fingerprint density at radius 1 is 1.45 bits per heavy atom. The van der Waals surface area contributed by atoms with Crippen LogP contribution in [-0.2, 0) is 9.36 Å². The Morgan fingerprint density at radius 2 is 1.90 bits per heavy atom. The summed E-state index contributed by atoms with van der Waals surface area (Å²) in [4.78, 5) is 29.4. The minimum atomic E-state index is -4.84. The SMILES string of the molecule is CN(CC(=O)O)/C(N)=N/P(=O)([O-])O.C[N+](C)(C)CCO. The maximum atomic E-state index is 10.2. The molecule has 0 amide bonds. The highest BCUT2D eigenvalue weighted by atomic mass is 31.2. The lowest BCUT2D eigenvalue weighted by Gasteiger charge is -2.21. The molecule has 5 N–H and O–H groups in total. The maximum Gasteiger partial charge on any atom is 0.323 e. The minimum Gasteiger partial charge on any atom is -0.760 e. The van der Waals surface area contributed by atoms with E-state index in [9.17, 15) is 14.3 Å². The molecule has 120 valence electrons. The number of carboxylic acid groups (broad SMARTS) is 1. The zero-order valence-corrected chi connectivity index (χ0v) is 12.9. The number of quaternary nitrogens is 1. The standard InChI is InChI=1S/C5H14NO.C4H10N3O5P/c1-6(2,3)4-5-7;1-7(2-3(8)9)4(5)6-13(10,11)12/h7H,4-5H2,1-3H3;2H2,1H3,(H,8,9)(H4,5,6,10,11,12)/q+1;/p-1. The number of nitrogens with two attached hydrogens (primary N) is 1. The summed E-state index contributed by atoms with van der Waals surface area (Å²) in [5, 5.41) is 16.7. The molecule has 0 saturated carbocycles. The predicted octanol–water partition coefficient (Wildman–Crippen LogP) is -2.54. The number of nitrogens with zero attached hydrogens (tertiary/aromatic N) is 3. The van der Waals surface area contributed by atoms with E-state index in [1.807, 2.05) is 0 Å². The number of guanidine groups is 1. The third kappa shape index (κ3) is 16.8. The Bertz CT molecular complexity index is 375. The molecule has 0 saturated heterocycles. The van der Waals surface area contributed by atoms with Crippen LogP contribution in [0.2, 0.25) is 0 Å². The first-order chi connectivity index (χ1) is 8.78. The summed E-state index contributed by atoms with van der Waals surface area (Å²) >= 11 is 0. The van der Waals surface area contributed by atoms with Crippen LogP contribution in [0.3, 0.4) is 0 Å². The van der Waals surface area contributed by atoms with Gasteiger partial charge in [-0.15, -0.1) is 0 Å². The number of hydrogen-bond acceptors (Lipinski definition) is 4. The van der Waals surface area contributed by atoms with E-state index >= 15 is 0 Å². The number of carbonyl (C=O) groups is 1. The quantitative estimate of drug-likeness (QED) is 0.187. The first-order valence-electron chi connectivity index (χ1n) is 5.52. The fraction of sp³-hybridized carbons (Fsp3) is 0.778. The summed E-state index contributed by atoms with van der Waals surface area (Å²) in [6.07, 6.45) is 0. The Balaban J connectivity index is 0. The molecule has 0 radical (unpaired) electrons. The van der Waals surface area contributed by atoms with Crippen LogP contribution >= 0.6 is 7.75 Å². The second-order valence-corrected chi connectivity index (χ2v) is 6.12. The monoisotopic (exact) mass is 314 g/mol. The summed E-state index contributed by atoms with van der Waals surface area (Å²) < 4.78 is 13.7. The second-order valence-electron chi connectivity index (χ2n) is 4.94. The Morgan fingerprint density at radius 3 is 2.10 bits per heavy atom. The van der Waals surface area contributed by atoms with Crippen molar-refractivity contribution in [3.05, 3.63) is 0 Å². The van der Waals surface area contributed by atoms with Crippen LogP contribution < -0.4 is 10.6 Å². The van der Waals surface area contributed by atoms with Crippen molar-refractivity contribution in [3.63, 3.8) is 0 Å². The van der Waals surface area contributed by atoms with Gasteiger partial charge in [0.05, 0.1) is 27.7 Å². The van der Waals surface area contributed by atoms with Crippen LogP contribution in [0.5, 0.6) is 0 Å². The van der Waals surface area contributed by atoms with Crippen molar-refractivity contribution >= 4 is 19.7 Å². The molecule has 1 atom stereocenters. The molecule has 1 unspecified atom stereocenters. The molecule has 11 heteroatoms. The highest BCUT2D eigenvalue weighted by molar-refractivity contribution is 7.49. The lowest BCUT2D eigenvalue weighted by atomic mass is 10.5. The van der Waals surface area contributed by atoms with Crippen molar-refractivity contribution in [3.8, 4) is 0 Å². The summed E-state index contributed by atoms with van der Waals surface area (Å²) in [5.74, 6) is -1.78. The number of aliphatic hydroxyl groups is 1. The summed E-state index contributed by atoms with van der Waals surface area (Å²) in [6, 6.07) is 0. The predicted molar refractivity (Wildman–Crippen MR) is 71.7 cm³/mol. The van der Waals surface area contributed by atoms with Crippen molar-refractivity contribution in [2.75, 3.05) is 47.9 Å². The molecular weight excluding hydrogens is 291 g/mol. The van der Waals surface area contributed by atoms with E-state index in [2.05, 4.69) is 25.9 Å². The van der Waals surface area contributed by atoms with Gasteiger partial charge >= 0.3 is 5.97 Å². The Hall–Kier alpha value is -1.19. The van der Waals surface area contributed by atoms with Crippen LogP contribution in [0.4, 0.5) is 0 Å². The van der Waals surface area contributed by atoms with Crippen LogP contribution in [0.25, 0.3) is 0 Å². The van der Waals surface area contributed by atoms with Crippen LogP contribution in [0.1, 0.15) is 0 Å². The first kappa shape index (κ1) is 21.1. The molecule has 20 heavy (non-hydrogen) atoms. The van der Waals surface area contributed by atoms with Gasteiger partial charge in [0, 0.05) is 7.05 Å². The average molecular weight is 314 g/mol. The smallest absolute Gasteiger partial charge is 0.323 e. The van der Waals surface area contributed by atoms with Gasteiger partial charge in [-0.3, -0.25) is 9.36 Å². The molecule has 0 rings (SSSR count). The maximum absolute atomic E-state index is 10.2. The second kappa shape index (κ2) is 8.88. The fourth-order valence-electron chi connectivity index (χ4n) is 0.790. The van der Waals surface area contributed by atoms with Crippen molar-refractivity contribution in [2.24, 2.45) is 10.5 Å². The van der Waals surface area contributed by atoms with E-state index in [0.717, 1.165) is 15.9 Å². The first-order valence-corrected chi connectivity index (χ1v) is 7.05. The molecule has 0 aliphatic rings. The van der Waals surface area contributed by atoms with E-state index in [-0.39, 0.29) is 6.61 Å². The van der Waals surface area contributed by atoms with Gasteiger partial charge in [0.2, 0.25) is 0 Å². The van der Waals surface area contributed by atoms with Gasteiger partial charge < -0.3 is 35.1 Å². The van der Waals surface area contributed by atoms with Gasteiger partial charge in [0.1, 0.15) is 13.1 Å². The Labute approximate surface area is 117 Å². The largest absolute Gasteiger partial charge is 0.760 e. The van der Waals surface area contributed by atoms with Gasteiger partial charge in [-0.05, 0) is 0 Å². The van der Waals surface area contributed by atoms with Gasteiger partial charge in [-0.25, -0.2) is 0 Å². The average Bonchev–Trinajstić information content (AvgIpc) is 2.12. The third-order valence-electron chi connectivity index (χ3n) is 1.76. The molecule has 10 nitrogen and oxygen atoms in total. The normalized spacial score (nSPS) is 14.8. The molecule has 0 aromatic heterocycles. The number of hydrogen-bond donors (Lipinski definition) is 4. The molecule has 0 aliphatic heterocycles. The van der Waals surface area contributed by atoms with Crippen LogP contribution in [0, 0.1) is 0 Å². The van der Waals surface area contributed by atoms with E-state index in [4.69, 9.17) is 20.8 Å². The topological polar surface area (TPSA) is 160 Å². The lowest BCUT2D eigenvalue weighted by molar-refractivity contribution is -0.870. The van der Waals surface area contributed by atoms with E-state index in [1.54, 1.807) is 0 Å². The zero-order chi connectivity index (χ0) is 16.6. The highest BCUT2D eigenvalue weighted by Gasteiger charge is 2.08. The molecule has 0 spiro atoms. The van der Waals surface area contributed by atoms with Gasteiger partial charge in [-0.2, -0.15) is 4.76 Å². The number of rotatable bonds is 5. The van der Waals surface area contributed by atoms with Crippen molar-refractivity contribution in [2.45, 2.75) is 0 Å². The molecule has 0 bridgehead atoms. The lowest BCUT2D eigenvalue weighted by Crippen LogP contribution is -2.37. The summed E-state index contributed by atoms with van der Waals surface area (Å²) in [6.45, 7) is 0.610. The molecule has 0 fully saturated rings. The van der Waals surface area contributed by atoms with Gasteiger partial charge in [0.15, 0.2) is 5.96 Å². The fourth-order valence-corrected chi connectivity index (χ4v) is 1.20. The molecule has 0 aromatic rings. The molecule has 0 aliphatic carbocycles. The van der Waals surface area contributed by atoms with Crippen molar-refractivity contribution in [1.29, 1.82) is 0 Å². The summed E-state index contributed by atoms with van der Waals surface area (Å²) in [7, 11) is 2.54. The van der Waals surface area contributed by atoms with E-state index < -0.39 is 26.2 Å². The van der Waals surface area contributed by atoms with Crippen molar-refractivity contribution in [1.82, 2.24) is 4.90 Å². The molecule has 0 heterocycles. The summed E-state index contributed by atoms with van der Waals surface area (Å²) in [5.41, 5.74) is 5.03. The van der Waals surface area contributed by atoms with Gasteiger partial charge in [-0.1, -0.05) is 0 Å². The van der Waals surface area contributed by atoms with E-state index in [1.165, 1.54) is 7.05 Å². The number of likely N-dealkylation sites (N-methyl/N-ethyl adjacent to an activating group) is 2. The van der Waals surface area contributed by atoms with Crippen LogP contribution in [0.15, 0.2) is 4.76 Å². The Kier molecular flexibility index (Phi) is 9.37. The third-order valence-corrected chi connectivity index (χ3v) is 2.22. The molecular formula is C9H23N4O6P. The van der Waals surface area contributed by atoms with E-state index in [0.29, 0.717) is 0 Å². The van der Waals surface area contributed by atoms with Crippen LogP contribution in [-0.4, -0.2) is 84.3 Å². The number of aliphatic carboxylic acids is 1. The molecule has 0 aromatic carbocycles. The van der Waals surface area contributed by atoms with Gasteiger partial charge in [0.25, 0.3) is 7.75 Å². The minimum absolute atomic E-state index is 0.281. The zero-order valence-electron chi connectivity index (χ0n) is 12.1. The van der Waals surface area contributed by atoms with Crippen molar-refractivity contribution < 1.29 is 33.8 Å². The number of aliphatic hydroxyl groups excluding tert-OH is 1. The number of carboxylic acids is 1. The highest BCUT2D eigenvalue weighted by Crippen LogP contribution is 2.30.